The first kappa shape index (κ1) is 21.8. The molecule has 1 spiro atoms. The van der Waals surface area contributed by atoms with Gasteiger partial charge in [-0.05, 0) is 67.3 Å². The fraction of sp³-hybridized carbons (Fsp3) is 0.360. The molecule has 4 nitrogen and oxygen atoms in total. The lowest BCUT2D eigenvalue weighted by atomic mass is 9.86. The Balaban J connectivity index is 1.38. The molecule has 7 heteroatoms. The highest BCUT2D eigenvalue weighted by Gasteiger charge is 2.46. The fourth-order valence-electron chi connectivity index (χ4n) is 4.92. The van der Waals surface area contributed by atoms with Crippen molar-refractivity contribution >= 4 is 23.2 Å². The summed E-state index contributed by atoms with van der Waals surface area (Å²) in [7, 11) is 0. The largest absolute Gasteiger partial charge is 0.357 e. The van der Waals surface area contributed by atoms with Crippen LogP contribution in [-0.4, -0.2) is 28.0 Å². The topological polar surface area (TPSA) is 38.2 Å². The van der Waals surface area contributed by atoms with E-state index in [1.54, 1.807) is 12.3 Å². The normalized spacial score (nSPS) is 23.3. The molecule has 0 saturated carbocycles. The van der Waals surface area contributed by atoms with Gasteiger partial charge in [-0.15, -0.1) is 0 Å². The smallest absolute Gasteiger partial charge is 0.116 e. The zero-order valence-corrected chi connectivity index (χ0v) is 19.1. The molecule has 4 heterocycles. The Labute approximate surface area is 197 Å². The van der Waals surface area contributed by atoms with E-state index in [-0.39, 0.29) is 11.7 Å². The molecule has 2 atom stereocenters. The minimum atomic E-state index is -0.482. The quantitative estimate of drug-likeness (QED) is 0.450. The van der Waals surface area contributed by atoms with Gasteiger partial charge in [0.1, 0.15) is 12.8 Å². The molecule has 1 saturated heterocycles. The van der Waals surface area contributed by atoms with Gasteiger partial charge in [0.25, 0.3) is 0 Å². The molecule has 2 aromatic heterocycles. The van der Waals surface area contributed by atoms with Gasteiger partial charge in [-0.2, -0.15) is 0 Å². The number of pyridine rings is 2. The van der Waals surface area contributed by atoms with E-state index >= 15 is 0 Å². The third-order valence-electron chi connectivity index (χ3n) is 6.47. The van der Waals surface area contributed by atoms with E-state index < -0.39 is 6.67 Å². The van der Waals surface area contributed by atoms with Gasteiger partial charge in [-0.3, -0.25) is 14.9 Å². The monoisotopic (exact) mass is 471 g/mol. The molecule has 0 aliphatic carbocycles. The SMILES string of the molecule is FCc1ccc(CN2CCCC3(CC2)OC(c2cc(Cl)cc(Cl)c2)c2cnccc23)nc1. The molecule has 0 N–H and O–H groups in total. The van der Waals surface area contributed by atoms with Crippen LogP contribution in [0.4, 0.5) is 4.39 Å². The van der Waals surface area contributed by atoms with E-state index in [2.05, 4.69) is 20.9 Å². The van der Waals surface area contributed by atoms with Crippen LogP contribution in [0.3, 0.4) is 0 Å². The van der Waals surface area contributed by atoms with Gasteiger partial charge in [0, 0.05) is 52.9 Å². The Bertz CT molecular complexity index is 1090. The first-order chi connectivity index (χ1) is 15.6. The zero-order valence-electron chi connectivity index (χ0n) is 17.6. The van der Waals surface area contributed by atoms with Crippen LogP contribution in [0.25, 0.3) is 0 Å². The summed E-state index contributed by atoms with van der Waals surface area (Å²) in [5.74, 6) is 0. The van der Waals surface area contributed by atoms with Crippen LogP contribution in [-0.2, 0) is 23.6 Å². The molecule has 3 aromatic rings. The van der Waals surface area contributed by atoms with Crippen molar-refractivity contribution in [3.8, 4) is 0 Å². The molecule has 0 radical (unpaired) electrons. The lowest BCUT2D eigenvalue weighted by Crippen LogP contribution is -2.29. The van der Waals surface area contributed by atoms with Crippen molar-refractivity contribution < 1.29 is 9.13 Å². The second kappa shape index (κ2) is 9.06. The van der Waals surface area contributed by atoms with Crippen LogP contribution in [0.1, 0.15) is 53.3 Å². The average molecular weight is 472 g/mol. The highest BCUT2D eigenvalue weighted by Crippen LogP contribution is 2.51. The van der Waals surface area contributed by atoms with E-state index in [0.29, 0.717) is 15.6 Å². The summed E-state index contributed by atoms with van der Waals surface area (Å²) in [5, 5.41) is 1.20. The van der Waals surface area contributed by atoms with Gasteiger partial charge in [-0.1, -0.05) is 29.3 Å². The number of likely N-dealkylation sites (tertiary alicyclic amines) is 1. The molecule has 1 aromatic carbocycles. The van der Waals surface area contributed by atoms with Crippen LogP contribution in [0.15, 0.2) is 55.0 Å². The summed E-state index contributed by atoms with van der Waals surface area (Å²) in [5.41, 5.74) is 4.45. The molecule has 0 bridgehead atoms. The maximum absolute atomic E-state index is 12.8. The van der Waals surface area contributed by atoms with Crippen molar-refractivity contribution in [2.24, 2.45) is 0 Å². The van der Waals surface area contributed by atoms with E-state index in [1.165, 1.54) is 5.56 Å². The highest BCUT2D eigenvalue weighted by molar-refractivity contribution is 6.34. The number of benzene rings is 1. The first-order valence-electron chi connectivity index (χ1n) is 10.9. The van der Waals surface area contributed by atoms with Crippen molar-refractivity contribution in [2.75, 3.05) is 13.1 Å². The van der Waals surface area contributed by atoms with E-state index in [9.17, 15) is 4.39 Å². The average Bonchev–Trinajstić information content (AvgIpc) is 2.97. The van der Waals surface area contributed by atoms with Crippen LogP contribution < -0.4 is 0 Å². The van der Waals surface area contributed by atoms with E-state index in [0.717, 1.165) is 55.7 Å². The van der Waals surface area contributed by atoms with Crippen LogP contribution in [0.2, 0.25) is 10.0 Å². The van der Waals surface area contributed by atoms with Gasteiger partial charge < -0.3 is 4.74 Å². The van der Waals surface area contributed by atoms with Gasteiger partial charge in [0.05, 0.1) is 11.3 Å². The first-order valence-corrected chi connectivity index (χ1v) is 11.6. The number of alkyl halides is 1. The summed E-state index contributed by atoms with van der Waals surface area (Å²) >= 11 is 12.6. The Morgan fingerprint density at radius 3 is 2.66 bits per heavy atom. The molecule has 2 aliphatic rings. The van der Waals surface area contributed by atoms with Crippen LogP contribution in [0, 0.1) is 0 Å². The van der Waals surface area contributed by atoms with Gasteiger partial charge in [-0.25, -0.2) is 4.39 Å². The molecule has 32 heavy (non-hydrogen) atoms. The van der Waals surface area contributed by atoms with E-state index in [1.807, 2.05) is 36.7 Å². The van der Waals surface area contributed by atoms with Crippen LogP contribution in [0.5, 0.6) is 0 Å². The Morgan fingerprint density at radius 1 is 1.06 bits per heavy atom. The number of fused-ring (bicyclic) bond motifs is 2. The van der Waals surface area contributed by atoms with Crippen LogP contribution >= 0.6 is 23.2 Å². The molecule has 0 amide bonds. The number of nitrogens with zero attached hydrogens (tertiary/aromatic N) is 3. The maximum atomic E-state index is 12.8. The van der Waals surface area contributed by atoms with E-state index in [4.69, 9.17) is 27.9 Å². The van der Waals surface area contributed by atoms with Gasteiger partial charge >= 0.3 is 0 Å². The molecule has 1 fully saturated rings. The molecule has 2 unspecified atom stereocenters. The lowest BCUT2D eigenvalue weighted by molar-refractivity contribution is -0.0707. The molecule has 5 rings (SSSR count). The fourth-order valence-corrected chi connectivity index (χ4v) is 5.47. The Morgan fingerprint density at radius 2 is 1.91 bits per heavy atom. The third-order valence-corrected chi connectivity index (χ3v) is 6.91. The summed E-state index contributed by atoms with van der Waals surface area (Å²) in [6.45, 7) is 2.12. The second-order valence-electron chi connectivity index (χ2n) is 8.58. The van der Waals surface area contributed by atoms with Crippen molar-refractivity contribution in [3.63, 3.8) is 0 Å². The predicted molar refractivity (Wildman–Crippen MR) is 123 cm³/mol. The third kappa shape index (κ3) is 4.27. The number of hydrogen-bond donors (Lipinski definition) is 0. The Hall–Kier alpha value is -2.05. The van der Waals surface area contributed by atoms with Crippen molar-refractivity contribution in [2.45, 2.75) is 44.2 Å². The number of ether oxygens (including phenoxy) is 1. The van der Waals surface area contributed by atoms with Gasteiger partial charge in [0.2, 0.25) is 0 Å². The standard InChI is InChI=1S/C25H24Cl2FN3O/c26-19-10-18(11-20(27)12-19)24-22-15-29-7-4-23(22)25(32-24)5-1-8-31(9-6-25)16-21-3-2-17(13-28)14-30-21/h2-4,7,10-12,14-15,24H,1,5-6,8-9,13,16H2. The minimum absolute atomic E-state index is 0.239. The van der Waals surface area contributed by atoms with Crippen molar-refractivity contribution in [3.05, 3.63) is 93.0 Å². The number of hydrogen-bond acceptors (Lipinski definition) is 4. The van der Waals surface area contributed by atoms with Crippen molar-refractivity contribution in [1.29, 1.82) is 0 Å². The molecular weight excluding hydrogens is 448 g/mol. The summed E-state index contributed by atoms with van der Waals surface area (Å²) in [6.07, 6.45) is 7.94. The summed E-state index contributed by atoms with van der Waals surface area (Å²) < 4.78 is 19.6. The predicted octanol–water partition coefficient (Wildman–Crippen LogP) is 6.25. The molecular formula is C25H24Cl2FN3O. The maximum Gasteiger partial charge on any atom is 0.116 e. The number of aromatic nitrogens is 2. The minimum Gasteiger partial charge on any atom is -0.357 e. The Kier molecular flexibility index (Phi) is 6.17. The lowest BCUT2D eigenvalue weighted by Gasteiger charge is -2.30. The second-order valence-corrected chi connectivity index (χ2v) is 9.45. The summed E-state index contributed by atoms with van der Waals surface area (Å²) in [6, 6.07) is 11.4. The molecule has 166 valence electrons. The van der Waals surface area contributed by atoms with Crippen molar-refractivity contribution in [1.82, 2.24) is 14.9 Å². The molecule has 2 aliphatic heterocycles. The highest BCUT2D eigenvalue weighted by atomic mass is 35.5. The van der Waals surface area contributed by atoms with Gasteiger partial charge in [0.15, 0.2) is 0 Å². The summed E-state index contributed by atoms with van der Waals surface area (Å²) in [4.78, 5) is 11.2. The number of halogens is 3. The zero-order chi connectivity index (χ0) is 22.1. The number of rotatable bonds is 4.